The van der Waals surface area contributed by atoms with Crippen LogP contribution in [0.2, 0.25) is 0 Å². The van der Waals surface area contributed by atoms with Crippen molar-refractivity contribution in [2.75, 3.05) is 18.8 Å². The third-order valence-corrected chi connectivity index (χ3v) is 2.78. The standard InChI is InChI=1S/C10H15N5O2/c11-7-5-15(13-9(7)10(12)17)6-8(16)14-3-1-2-4-14/h5H,1-4,6,11H2,(H2,12,17). The van der Waals surface area contributed by atoms with Crippen molar-refractivity contribution in [1.82, 2.24) is 14.7 Å². The van der Waals surface area contributed by atoms with Crippen molar-refractivity contribution in [3.05, 3.63) is 11.9 Å². The number of carbonyl (C=O) groups excluding carboxylic acids is 2. The summed E-state index contributed by atoms with van der Waals surface area (Å²) in [5.41, 5.74) is 10.9. The molecule has 2 heterocycles. The van der Waals surface area contributed by atoms with Gasteiger partial charge in [-0.3, -0.25) is 14.3 Å². The summed E-state index contributed by atoms with van der Waals surface area (Å²) in [5.74, 6) is -0.698. The van der Waals surface area contributed by atoms with Crippen LogP contribution in [-0.4, -0.2) is 39.6 Å². The summed E-state index contributed by atoms with van der Waals surface area (Å²) in [6.45, 7) is 1.67. The minimum atomic E-state index is -0.685. The van der Waals surface area contributed by atoms with Crippen LogP contribution in [0.5, 0.6) is 0 Å². The van der Waals surface area contributed by atoms with Crippen LogP contribution in [0.3, 0.4) is 0 Å². The normalized spacial score (nSPS) is 15.2. The summed E-state index contributed by atoms with van der Waals surface area (Å²) in [6.07, 6.45) is 3.53. The second-order valence-electron chi connectivity index (χ2n) is 4.08. The maximum Gasteiger partial charge on any atom is 0.271 e. The Morgan fingerprint density at radius 3 is 2.53 bits per heavy atom. The van der Waals surface area contributed by atoms with Gasteiger partial charge in [0.2, 0.25) is 5.91 Å². The van der Waals surface area contributed by atoms with Crippen LogP contribution in [0.25, 0.3) is 0 Å². The van der Waals surface area contributed by atoms with Gasteiger partial charge in [0.05, 0.1) is 5.69 Å². The summed E-state index contributed by atoms with van der Waals surface area (Å²) in [4.78, 5) is 24.5. The molecule has 1 aromatic heterocycles. The fourth-order valence-electron chi connectivity index (χ4n) is 1.91. The van der Waals surface area contributed by atoms with Crippen LogP contribution >= 0.6 is 0 Å². The highest BCUT2D eigenvalue weighted by atomic mass is 16.2. The third kappa shape index (κ3) is 2.38. The Balaban J connectivity index is 2.05. The second kappa shape index (κ2) is 4.44. The van der Waals surface area contributed by atoms with Crippen LogP contribution in [0, 0.1) is 0 Å². The lowest BCUT2D eigenvalue weighted by Crippen LogP contribution is -2.31. The Labute approximate surface area is 98.4 Å². The molecule has 0 radical (unpaired) electrons. The summed E-state index contributed by atoms with van der Waals surface area (Å²) in [6, 6.07) is 0. The molecule has 7 nitrogen and oxygen atoms in total. The van der Waals surface area contributed by atoms with E-state index in [-0.39, 0.29) is 23.8 Å². The molecule has 2 rings (SSSR count). The Morgan fingerprint density at radius 2 is 2.00 bits per heavy atom. The van der Waals surface area contributed by atoms with Crippen molar-refractivity contribution in [2.24, 2.45) is 5.73 Å². The van der Waals surface area contributed by atoms with Gasteiger partial charge in [0.25, 0.3) is 5.91 Å². The van der Waals surface area contributed by atoms with Crippen molar-refractivity contribution in [3.63, 3.8) is 0 Å². The average Bonchev–Trinajstić information content (AvgIpc) is 2.86. The topological polar surface area (TPSA) is 107 Å². The van der Waals surface area contributed by atoms with Gasteiger partial charge in [-0.1, -0.05) is 0 Å². The number of nitrogen functional groups attached to an aromatic ring is 1. The second-order valence-corrected chi connectivity index (χ2v) is 4.08. The summed E-state index contributed by atoms with van der Waals surface area (Å²) in [5, 5.41) is 3.89. The Kier molecular flexibility index (Phi) is 2.99. The molecule has 0 bridgehead atoms. The van der Waals surface area contributed by atoms with E-state index in [1.165, 1.54) is 10.9 Å². The Bertz CT molecular complexity index is 448. The highest BCUT2D eigenvalue weighted by Gasteiger charge is 2.19. The number of carbonyl (C=O) groups is 2. The van der Waals surface area contributed by atoms with Gasteiger partial charge in [-0.05, 0) is 12.8 Å². The molecule has 0 atom stereocenters. The molecule has 1 saturated heterocycles. The maximum absolute atomic E-state index is 11.8. The van der Waals surface area contributed by atoms with Gasteiger partial charge in [0, 0.05) is 19.3 Å². The van der Waals surface area contributed by atoms with E-state index >= 15 is 0 Å². The number of rotatable bonds is 3. The zero-order valence-electron chi connectivity index (χ0n) is 9.43. The molecule has 1 fully saturated rings. The molecule has 17 heavy (non-hydrogen) atoms. The summed E-state index contributed by atoms with van der Waals surface area (Å²) >= 11 is 0. The summed E-state index contributed by atoms with van der Waals surface area (Å²) in [7, 11) is 0. The maximum atomic E-state index is 11.8. The molecule has 0 saturated carbocycles. The quantitative estimate of drug-likeness (QED) is 0.716. The van der Waals surface area contributed by atoms with Gasteiger partial charge in [0.15, 0.2) is 5.69 Å². The molecular formula is C10H15N5O2. The van der Waals surface area contributed by atoms with E-state index in [9.17, 15) is 9.59 Å². The highest BCUT2D eigenvalue weighted by Crippen LogP contribution is 2.11. The van der Waals surface area contributed by atoms with Crippen LogP contribution in [-0.2, 0) is 11.3 Å². The number of hydrogen-bond acceptors (Lipinski definition) is 4. The van der Waals surface area contributed by atoms with E-state index in [4.69, 9.17) is 11.5 Å². The number of aromatic nitrogens is 2. The largest absolute Gasteiger partial charge is 0.396 e. The average molecular weight is 237 g/mol. The molecule has 7 heteroatoms. The minimum absolute atomic E-state index is 0.0129. The molecule has 0 unspecified atom stereocenters. The molecule has 92 valence electrons. The number of likely N-dealkylation sites (tertiary alicyclic amines) is 1. The van der Waals surface area contributed by atoms with E-state index < -0.39 is 5.91 Å². The molecule has 4 N–H and O–H groups in total. The fourth-order valence-corrected chi connectivity index (χ4v) is 1.91. The molecular weight excluding hydrogens is 222 g/mol. The zero-order chi connectivity index (χ0) is 12.4. The first kappa shape index (κ1) is 11.4. The molecule has 0 spiro atoms. The number of amides is 2. The molecule has 2 amide bonds. The van der Waals surface area contributed by atoms with Gasteiger partial charge < -0.3 is 16.4 Å². The van der Waals surface area contributed by atoms with Crippen LogP contribution in [0.4, 0.5) is 5.69 Å². The predicted octanol–water partition coefficient (Wildman–Crippen LogP) is -0.813. The van der Waals surface area contributed by atoms with E-state index in [2.05, 4.69) is 5.10 Å². The zero-order valence-corrected chi connectivity index (χ0v) is 9.43. The predicted molar refractivity (Wildman–Crippen MR) is 61.0 cm³/mol. The number of nitrogens with zero attached hydrogens (tertiary/aromatic N) is 3. The first-order valence-electron chi connectivity index (χ1n) is 5.48. The van der Waals surface area contributed by atoms with E-state index in [1.54, 1.807) is 4.90 Å². The third-order valence-electron chi connectivity index (χ3n) is 2.78. The van der Waals surface area contributed by atoms with Crippen molar-refractivity contribution in [2.45, 2.75) is 19.4 Å². The number of nitrogens with two attached hydrogens (primary N) is 2. The molecule has 0 aliphatic carbocycles. The van der Waals surface area contributed by atoms with Gasteiger partial charge in [0.1, 0.15) is 6.54 Å². The first-order chi connectivity index (χ1) is 8.08. The van der Waals surface area contributed by atoms with Crippen LogP contribution in [0.1, 0.15) is 23.3 Å². The minimum Gasteiger partial charge on any atom is -0.396 e. The van der Waals surface area contributed by atoms with Gasteiger partial charge in [-0.2, -0.15) is 5.10 Å². The van der Waals surface area contributed by atoms with E-state index in [0.29, 0.717) is 0 Å². The first-order valence-corrected chi connectivity index (χ1v) is 5.48. The van der Waals surface area contributed by atoms with E-state index in [1.807, 2.05) is 0 Å². The SMILES string of the molecule is NC(=O)c1nn(CC(=O)N2CCCC2)cc1N. The lowest BCUT2D eigenvalue weighted by Gasteiger charge is -2.14. The Morgan fingerprint density at radius 1 is 1.35 bits per heavy atom. The number of hydrogen-bond donors (Lipinski definition) is 2. The van der Waals surface area contributed by atoms with Crippen molar-refractivity contribution in [1.29, 1.82) is 0 Å². The van der Waals surface area contributed by atoms with Gasteiger partial charge in [-0.25, -0.2) is 0 Å². The van der Waals surface area contributed by atoms with E-state index in [0.717, 1.165) is 25.9 Å². The molecule has 1 aromatic rings. The van der Waals surface area contributed by atoms with Crippen LogP contribution in [0.15, 0.2) is 6.20 Å². The summed E-state index contributed by atoms with van der Waals surface area (Å²) < 4.78 is 1.36. The number of primary amides is 1. The molecule has 1 aliphatic rings. The van der Waals surface area contributed by atoms with Gasteiger partial charge >= 0.3 is 0 Å². The van der Waals surface area contributed by atoms with Gasteiger partial charge in [-0.15, -0.1) is 0 Å². The smallest absolute Gasteiger partial charge is 0.271 e. The van der Waals surface area contributed by atoms with Crippen molar-refractivity contribution >= 4 is 17.5 Å². The number of anilines is 1. The highest BCUT2D eigenvalue weighted by molar-refractivity contribution is 5.95. The lowest BCUT2D eigenvalue weighted by atomic mass is 10.4. The van der Waals surface area contributed by atoms with Crippen LogP contribution < -0.4 is 11.5 Å². The lowest BCUT2D eigenvalue weighted by molar-refractivity contribution is -0.130. The van der Waals surface area contributed by atoms with Crippen molar-refractivity contribution < 1.29 is 9.59 Å². The molecule has 0 aromatic carbocycles. The monoisotopic (exact) mass is 237 g/mol. The fraction of sp³-hybridized carbons (Fsp3) is 0.500. The molecule has 1 aliphatic heterocycles. The van der Waals surface area contributed by atoms with Crippen molar-refractivity contribution in [3.8, 4) is 0 Å². The Hall–Kier alpha value is -2.05.